The van der Waals surface area contributed by atoms with Crippen molar-refractivity contribution in [2.24, 2.45) is 0 Å². The summed E-state index contributed by atoms with van der Waals surface area (Å²) < 4.78 is 18.9. The van der Waals surface area contributed by atoms with Gasteiger partial charge in [-0.25, -0.2) is 4.39 Å². The number of halogens is 2. The van der Waals surface area contributed by atoms with Gasteiger partial charge in [0.25, 0.3) is 0 Å². The van der Waals surface area contributed by atoms with Crippen molar-refractivity contribution in [2.45, 2.75) is 25.0 Å². The summed E-state index contributed by atoms with van der Waals surface area (Å²) in [6, 6.07) is 11.9. The Morgan fingerprint density at radius 1 is 1.30 bits per heavy atom. The van der Waals surface area contributed by atoms with Crippen LogP contribution in [-0.4, -0.2) is 17.3 Å². The van der Waals surface area contributed by atoms with E-state index in [1.54, 1.807) is 0 Å². The molecule has 20 heavy (non-hydrogen) atoms. The number of hydrogen-bond donors (Lipinski definition) is 1. The zero-order valence-corrected chi connectivity index (χ0v) is 11.5. The number of benzene rings is 2. The smallest absolute Gasteiger partial charge is 0.129 e. The molecule has 0 bridgehead atoms. The minimum atomic E-state index is -0.721. The highest BCUT2D eigenvalue weighted by atomic mass is 35.5. The lowest BCUT2D eigenvalue weighted by molar-refractivity contribution is 0.0502. The van der Waals surface area contributed by atoms with Crippen molar-refractivity contribution in [3.05, 3.63) is 64.4 Å². The molecular weight excluding hydrogens is 279 g/mol. The average Bonchev–Trinajstić information content (AvgIpc) is 2.87. The van der Waals surface area contributed by atoms with Crippen LogP contribution in [0.1, 0.15) is 11.1 Å². The van der Waals surface area contributed by atoms with E-state index in [4.69, 9.17) is 16.3 Å². The molecule has 0 spiro atoms. The first-order chi connectivity index (χ1) is 9.63. The zero-order valence-electron chi connectivity index (χ0n) is 10.7. The second kappa shape index (κ2) is 5.43. The number of aliphatic hydroxyl groups is 1. The normalized spacial score (nSPS) is 18.4. The first-order valence-corrected chi connectivity index (χ1v) is 6.88. The molecule has 1 aliphatic rings. The second-order valence-corrected chi connectivity index (χ2v) is 5.38. The molecule has 2 nitrogen and oxygen atoms in total. The summed E-state index contributed by atoms with van der Waals surface area (Å²) in [7, 11) is 0. The number of ether oxygens (including phenoxy) is 1. The Morgan fingerprint density at radius 2 is 2.10 bits per heavy atom. The monoisotopic (exact) mass is 292 g/mol. The molecule has 1 aliphatic heterocycles. The number of fused-ring (bicyclic) bond motifs is 1. The Hall–Kier alpha value is -1.58. The lowest BCUT2D eigenvalue weighted by atomic mass is 10.0. The molecule has 0 aromatic heterocycles. The van der Waals surface area contributed by atoms with Gasteiger partial charge < -0.3 is 9.84 Å². The summed E-state index contributed by atoms with van der Waals surface area (Å²) in [5, 5.41) is 10.7. The van der Waals surface area contributed by atoms with Crippen LogP contribution in [0, 0.1) is 5.82 Å². The van der Waals surface area contributed by atoms with E-state index in [9.17, 15) is 9.50 Å². The first-order valence-electron chi connectivity index (χ1n) is 6.50. The lowest BCUT2D eigenvalue weighted by Gasteiger charge is -2.18. The van der Waals surface area contributed by atoms with E-state index in [0.29, 0.717) is 17.0 Å². The van der Waals surface area contributed by atoms with Crippen LogP contribution >= 0.6 is 11.6 Å². The third kappa shape index (κ3) is 2.65. The van der Waals surface area contributed by atoms with Crippen LogP contribution in [0.3, 0.4) is 0 Å². The maximum absolute atomic E-state index is 13.2. The predicted molar refractivity (Wildman–Crippen MR) is 75.7 cm³/mol. The fourth-order valence-corrected chi connectivity index (χ4v) is 2.67. The molecule has 2 atom stereocenters. The van der Waals surface area contributed by atoms with Gasteiger partial charge in [0.1, 0.15) is 17.7 Å². The zero-order chi connectivity index (χ0) is 14.1. The molecule has 1 heterocycles. The summed E-state index contributed by atoms with van der Waals surface area (Å²) in [5.74, 6) is 0.453. The fraction of sp³-hybridized carbons (Fsp3) is 0.250. The maximum atomic E-state index is 13.2. The van der Waals surface area contributed by atoms with Gasteiger partial charge in [-0.15, -0.1) is 0 Å². The molecule has 0 radical (unpaired) electrons. The Bertz CT molecular complexity index is 605. The highest BCUT2D eigenvalue weighted by Gasteiger charge is 2.29. The van der Waals surface area contributed by atoms with Crippen molar-refractivity contribution in [3.63, 3.8) is 0 Å². The molecule has 0 aliphatic carbocycles. The van der Waals surface area contributed by atoms with E-state index in [2.05, 4.69) is 0 Å². The van der Waals surface area contributed by atoms with E-state index in [0.717, 1.165) is 11.3 Å². The molecule has 0 saturated carbocycles. The van der Waals surface area contributed by atoms with Gasteiger partial charge >= 0.3 is 0 Å². The van der Waals surface area contributed by atoms with Crippen LogP contribution in [-0.2, 0) is 12.8 Å². The highest BCUT2D eigenvalue weighted by Crippen LogP contribution is 2.31. The number of aliphatic hydroxyl groups excluding tert-OH is 1. The summed E-state index contributed by atoms with van der Waals surface area (Å²) in [6.45, 7) is 0. The fourth-order valence-electron chi connectivity index (χ4n) is 2.48. The van der Waals surface area contributed by atoms with Crippen LogP contribution in [0.15, 0.2) is 42.5 Å². The molecule has 0 fully saturated rings. The molecule has 2 unspecified atom stereocenters. The van der Waals surface area contributed by atoms with Gasteiger partial charge in [0.05, 0.1) is 6.10 Å². The van der Waals surface area contributed by atoms with Gasteiger partial charge in [-0.2, -0.15) is 0 Å². The molecule has 1 N–H and O–H groups in total. The van der Waals surface area contributed by atoms with E-state index in [-0.39, 0.29) is 18.3 Å². The first kappa shape index (κ1) is 13.4. The largest absolute Gasteiger partial charge is 0.487 e. The van der Waals surface area contributed by atoms with Crippen molar-refractivity contribution in [3.8, 4) is 5.75 Å². The van der Waals surface area contributed by atoms with Crippen molar-refractivity contribution >= 4 is 11.6 Å². The van der Waals surface area contributed by atoms with E-state index in [1.807, 2.05) is 24.3 Å². The van der Waals surface area contributed by atoms with E-state index >= 15 is 0 Å². The molecular formula is C16H14ClFO2. The van der Waals surface area contributed by atoms with Crippen molar-refractivity contribution < 1.29 is 14.2 Å². The lowest BCUT2D eigenvalue weighted by Crippen LogP contribution is -2.32. The van der Waals surface area contributed by atoms with Crippen LogP contribution in [0.4, 0.5) is 4.39 Å². The number of rotatable bonds is 3. The predicted octanol–water partition coefficient (Wildman–Crippen LogP) is 3.39. The second-order valence-electron chi connectivity index (χ2n) is 4.98. The molecule has 2 aromatic carbocycles. The summed E-state index contributed by atoms with van der Waals surface area (Å²) in [6.07, 6.45) is -0.104. The van der Waals surface area contributed by atoms with Crippen molar-refractivity contribution in [1.82, 2.24) is 0 Å². The van der Waals surface area contributed by atoms with E-state index in [1.165, 1.54) is 18.2 Å². The highest BCUT2D eigenvalue weighted by molar-refractivity contribution is 6.31. The summed E-state index contributed by atoms with van der Waals surface area (Å²) in [5.41, 5.74) is 1.68. The van der Waals surface area contributed by atoms with Gasteiger partial charge in [-0.3, -0.25) is 0 Å². The van der Waals surface area contributed by atoms with Gasteiger partial charge in [0.2, 0.25) is 0 Å². The molecule has 0 amide bonds. The topological polar surface area (TPSA) is 29.5 Å². The molecule has 104 valence electrons. The summed E-state index contributed by atoms with van der Waals surface area (Å²) in [4.78, 5) is 0. The quantitative estimate of drug-likeness (QED) is 0.940. The van der Waals surface area contributed by atoms with Crippen molar-refractivity contribution in [1.29, 1.82) is 0 Å². The Kier molecular flexibility index (Phi) is 3.64. The Balaban J connectivity index is 1.72. The Labute approximate surface area is 121 Å². The van der Waals surface area contributed by atoms with Gasteiger partial charge in [0, 0.05) is 17.9 Å². The third-order valence-electron chi connectivity index (χ3n) is 3.54. The van der Waals surface area contributed by atoms with Crippen LogP contribution < -0.4 is 4.74 Å². The number of para-hydroxylation sites is 1. The maximum Gasteiger partial charge on any atom is 0.129 e. The van der Waals surface area contributed by atoms with E-state index < -0.39 is 6.10 Å². The van der Waals surface area contributed by atoms with Gasteiger partial charge in [0.15, 0.2) is 0 Å². The number of hydrogen-bond acceptors (Lipinski definition) is 2. The Morgan fingerprint density at radius 3 is 2.90 bits per heavy atom. The van der Waals surface area contributed by atoms with Crippen LogP contribution in [0.2, 0.25) is 5.02 Å². The van der Waals surface area contributed by atoms with Crippen LogP contribution in [0.5, 0.6) is 5.75 Å². The molecule has 0 saturated heterocycles. The van der Waals surface area contributed by atoms with Crippen molar-refractivity contribution in [2.75, 3.05) is 0 Å². The summed E-state index contributed by atoms with van der Waals surface area (Å²) >= 11 is 6.02. The standard InChI is InChI=1S/C16H14ClFO2/c17-13-6-5-12(18)7-11(13)8-14(19)16-9-10-3-1-2-4-15(10)20-16/h1-7,14,16,19H,8-9H2. The van der Waals surface area contributed by atoms with Gasteiger partial charge in [-0.1, -0.05) is 29.8 Å². The molecule has 2 aromatic rings. The molecule has 3 rings (SSSR count). The van der Waals surface area contributed by atoms with Gasteiger partial charge in [-0.05, 0) is 35.4 Å². The SMILES string of the molecule is OC(Cc1cc(F)ccc1Cl)C1Cc2ccccc2O1. The third-order valence-corrected chi connectivity index (χ3v) is 3.91. The molecule has 4 heteroatoms. The minimum absolute atomic E-state index is 0.273. The minimum Gasteiger partial charge on any atom is -0.487 e. The average molecular weight is 293 g/mol. The van der Waals surface area contributed by atoms with Crippen LogP contribution in [0.25, 0.3) is 0 Å².